The summed E-state index contributed by atoms with van der Waals surface area (Å²) in [7, 11) is 1.38. The molecule has 2 saturated heterocycles. The molecule has 0 bridgehead atoms. The molecule has 30 heavy (non-hydrogen) atoms. The van der Waals surface area contributed by atoms with E-state index in [1.54, 1.807) is 0 Å². The number of ether oxygens (including phenoxy) is 5. The molecule has 0 spiro atoms. The maximum atomic E-state index is 11.9. The molecule has 2 heterocycles. The first-order valence-corrected chi connectivity index (χ1v) is 10.1. The van der Waals surface area contributed by atoms with E-state index >= 15 is 0 Å². The third-order valence-corrected chi connectivity index (χ3v) is 5.30. The maximum absolute atomic E-state index is 11.9. The number of hydrogen-bond donors (Lipinski definition) is 0. The molecule has 1 aromatic rings. The highest BCUT2D eigenvalue weighted by molar-refractivity contribution is 5.69. The number of epoxide rings is 1. The van der Waals surface area contributed by atoms with Crippen LogP contribution in [-0.2, 0) is 35.1 Å². The Hall–Kier alpha value is -2.16. The SMILES string of the molecule is COC(=O)C[C@@H](CCOCc1ccccc1)[C@H]1OC1[C@@H]1OC(C)(C)OC1CN=[N+]=[N-]. The van der Waals surface area contributed by atoms with Crippen molar-refractivity contribution < 1.29 is 28.5 Å². The van der Waals surface area contributed by atoms with E-state index in [1.807, 2.05) is 44.2 Å². The van der Waals surface area contributed by atoms with E-state index in [2.05, 4.69) is 10.0 Å². The summed E-state index contributed by atoms with van der Waals surface area (Å²) in [6.07, 6.45) is -0.249. The van der Waals surface area contributed by atoms with Gasteiger partial charge in [-0.15, -0.1) is 0 Å². The van der Waals surface area contributed by atoms with Gasteiger partial charge in [0.05, 0.1) is 38.9 Å². The summed E-state index contributed by atoms with van der Waals surface area (Å²) in [6.45, 7) is 4.81. The zero-order valence-electron chi connectivity index (χ0n) is 17.6. The van der Waals surface area contributed by atoms with Gasteiger partial charge in [-0.1, -0.05) is 35.4 Å². The topological polar surface area (TPSA) is 115 Å². The summed E-state index contributed by atoms with van der Waals surface area (Å²) in [5.41, 5.74) is 9.73. The molecule has 1 aromatic carbocycles. The number of hydrogen-bond acceptors (Lipinski definition) is 7. The predicted molar refractivity (Wildman–Crippen MR) is 107 cm³/mol. The second-order valence-corrected chi connectivity index (χ2v) is 7.98. The first kappa shape index (κ1) is 22.5. The van der Waals surface area contributed by atoms with E-state index in [0.29, 0.717) is 19.6 Å². The summed E-state index contributed by atoms with van der Waals surface area (Å²) < 4.78 is 28.4. The van der Waals surface area contributed by atoms with Crippen LogP contribution >= 0.6 is 0 Å². The molecule has 2 aliphatic rings. The average Bonchev–Trinajstić information content (AvgIpc) is 3.46. The van der Waals surface area contributed by atoms with Crippen molar-refractivity contribution in [1.82, 2.24) is 0 Å². The van der Waals surface area contributed by atoms with Gasteiger partial charge >= 0.3 is 5.97 Å². The Bertz CT molecular complexity index is 752. The minimum atomic E-state index is -0.784. The Kier molecular flexibility index (Phi) is 7.69. The molecule has 164 valence electrons. The van der Waals surface area contributed by atoms with Crippen molar-refractivity contribution in [3.8, 4) is 0 Å². The van der Waals surface area contributed by atoms with Crippen LogP contribution in [0.2, 0.25) is 0 Å². The first-order valence-electron chi connectivity index (χ1n) is 10.1. The molecule has 0 N–H and O–H groups in total. The monoisotopic (exact) mass is 419 g/mol. The molecule has 5 atom stereocenters. The molecule has 0 saturated carbocycles. The summed E-state index contributed by atoms with van der Waals surface area (Å²) in [4.78, 5) is 14.7. The summed E-state index contributed by atoms with van der Waals surface area (Å²) >= 11 is 0. The van der Waals surface area contributed by atoms with Gasteiger partial charge in [0.15, 0.2) is 5.79 Å². The quantitative estimate of drug-likeness (QED) is 0.136. The molecule has 0 aliphatic carbocycles. The molecule has 0 aromatic heterocycles. The number of rotatable bonds is 11. The van der Waals surface area contributed by atoms with Gasteiger partial charge in [0.25, 0.3) is 0 Å². The van der Waals surface area contributed by atoms with Crippen molar-refractivity contribution in [1.29, 1.82) is 0 Å². The van der Waals surface area contributed by atoms with Crippen molar-refractivity contribution >= 4 is 5.97 Å². The van der Waals surface area contributed by atoms with Gasteiger partial charge in [-0.05, 0) is 31.4 Å². The maximum Gasteiger partial charge on any atom is 0.305 e. The van der Waals surface area contributed by atoms with Gasteiger partial charge in [0, 0.05) is 17.4 Å². The Balaban J connectivity index is 1.56. The van der Waals surface area contributed by atoms with E-state index in [-0.39, 0.29) is 49.3 Å². The van der Waals surface area contributed by atoms with Crippen LogP contribution in [0.5, 0.6) is 0 Å². The molecular weight excluding hydrogens is 390 g/mol. The molecule has 3 rings (SSSR count). The smallest absolute Gasteiger partial charge is 0.305 e. The number of esters is 1. The number of benzene rings is 1. The van der Waals surface area contributed by atoms with Crippen molar-refractivity contribution in [3.05, 3.63) is 46.3 Å². The average molecular weight is 419 g/mol. The lowest BCUT2D eigenvalue weighted by Crippen LogP contribution is -2.33. The number of carbonyl (C=O) groups is 1. The first-order chi connectivity index (χ1) is 14.4. The van der Waals surface area contributed by atoms with E-state index in [1.165, 1.54) is 7.11 Å². The van der Waals surface area contributed by atoms with Gasteiger partial charge in [-0.3, -0.25) is 4.79 Å². The molecule has 0 amide bonds. The van der Waals surface area contributed by atoms with E-state index < -0.39 is 5.79 Å². The number of methoxy groups -OCH3 is 1. The summed E-state index contributed by atoms with van der Waals surface area (Å²) in [6, 6.07) is 9.93. The van der Waals surface area contributed by atoms with Crippen LogP contribution in [0.4, 0.5) is 0 Å². The predicted octanol–water partition coefficient (Wildman–Crippen LogP) is 3.37. The zero-order valence-corrected chi connectivity index (χ0v) is 17.6. The van der Waals surface area contributed by atoms with Crippen LogP contribution in [0.3, 0.4) is 0 Å². The lowest BCUT2D eigenvalue weighted by molar-refractivity contribution is -0.147. The molecule has 9 nitrogen and oxygen atoms in total. The van der Waals surface area contributed by atoms with Crippen LogP contribution in [0, 0.1) is 5.92 Å². The van der Waals surface area contributed by atoms with Crippen LogP contribution < -0.4 is 0 Å². The van der Waals surface area contributed by atoms with Crippen molar-refractivity contribution in [2.75, 3.05) is 20.3 Å². The molecule has 2 aliphatic heterocycles. The largest absolute Gasteiger partial charge is 0.469 e. The van der Waals surface area contributed by atoms with E-state index in [9.17, 15) is 4.79 Å². The highest BCUT2D eigenvalue weighted by Crippen LogP contribution is 2.43. The Labute approximate surface area is 176 Å². The van der Waals surface area contributed by atoms with Crippen molar-refractivity contribution in [2.24, 2.45) is 11.0 Å². The Morgan fingerprint density at radius 3 is 2.73 bits per heavy atom. The molecule has 0 radical (unpaired) electrons. The van der Waals surface area contributed by atoms with Crippen molar-refractivity contribution in [2.45, 2.75) is 63.5 Å². The molecular formula is C21H29N3O6. The van der Waals surface area contributed by atoms with Gasteiger partial charge < -0.3 is 23.7 Å². The molecule has 2 unspecified atom stereocenters. The molecule has 2 fully saturated rings. The van der Waals surface area contributed by atoms with Gasteiger partial charge in [0.1, 0.15) is 12.2 Å². The second-order valence-electron chi connectivity index (χ2n) is 7.98. The van der Waals surface area contributed by atoms with Crippen LogP contribution in [-0.4, -0.2) is 56.4 Å². The van der Waals surface area contributed by atoms with E-state index in [0.717, 1.165) is 5.56 Å². The zero-order chi connectivity index (χ0) is 21.6. The van der Waals surface area contributed by atoms with E-state index in [4.69, 9.17) is 29.2 Å². The number of nitrogens with zero attached hydrogens (tertiary/aromatic N) is 3. The Morgan fingerprint density at radius 2 is 2.03 bits per heavy atom. The fourth-order valence-corrected chi connectivity index (χ4v) is 3.86. The lowest BCUT2D eigenvalue weighted by Gasteiger charge is -2.17. The van der Waals surface area contributed by atoms with Crippen LogP contribution in [0.15, 0.2) is 35.4 Å². The van der Waals surface area contributed by atoms with Gasteiger partial charge in [0.2, 0.25) is 0 Å². The molecule has 9 heteroatoms. The highest BCUT2D eigenvalue weighted by Gasteiger charge is 2.57. The normalized spacial score (nSPS) is 27.8. The lowest BCUT2D eigenvalue weighted by atomic mass is 9.93. The van der Waals surface area contributed by atoms with Crippen molar-refractivity contribution in [3.63, 3.8) is 0 Å². The summed E-state index contributed by atoms with van der Waals surface area (Å²) in [5, 5.41) is 3.63. The fraction of sp³-hybridized carbons (Fsp3) is 0.667. The third-order valence-electron chi connectivity index (χ3n) is 5.30. The number of carbonyl (C=O) groups excluding carboxylic acids is 1. The van der Waals surface area contributed by atoms with Gasteiger partial charge in [-0.25, -0.2) is 0 Å². The minimum Gasteiger partial charge on any atom is -0.469 e. The second kappa shape index (κ2) is 10.2. The number of azide groups is 1. The fourth-order valence-electron chi connectivity index (χ4n) is 3.86. The van der Waals surface area contributed by atoms with Crippen LogP contribution in [0.25, 0.3) is 10.4 Å². The van der Waals surface area contributed by atoms with Gasteiger partial charge in [-0.2, -0.15) is 0 Å². The standard InChI is InChI=1S/C21H29N3O6/c1-21(2)29-16(12-23-24-22)19(30-21)20-18(28-20)15(11-17(25)26-3)9-10-27-13-14-7-5-4-6-8-14/h4-8,15-16,18-20H,9-13H2,1-3H3/t15-,16?,18-,19-,20?/m1/s1. The van der Waals surface area contributed by atoms with Crippen LogP contribution in [0.1, 0.15) is 32.3 Å². The third kappa shape index (κ3) is 6.17. The highest BCUT2D eigenvalue weighted by atomic mass is 16.8. The summed E-state index contributed by atoms with van der Waals surface area (Å²) in [5.74, 6) is -1.13. The Morgan fingerprint density at radius 1 is 1.27 bits per heavy atom. The minimum absolute atomic E-state index is 0.0642.